The van der Waals surface area contributed by atoms with Crippen LogP contribution in [0.5, 0.6) is 0 Å². The van der Waals surface area contributed by atoms with E-state index in [1.54, 1.807) is 0 Å². The molecule has 1 aromatic heterocycles. The summed E-state index contributed by atoms with van der Waals surface area (Å²) in [6.07, 6.45) is 2.49. The number of nitrogens with zero attached hydrogens (tertiary/aromatic N) is 2. The predicted octanol–water partition coefficient (Wildman–Crippen LogP) is 4.84. The van der Waals surface area contributed by atoms with Gasteiger partial charge in [0.15, 0.2) is 6.30 Å². The molecule has 0 bridgehead atoms. The number of aromatic nitrogens is 1. The second-order valence-corrected chi connectivity index (χ2v) is 7.57. The number of nitrogens with two attached hydrogens (primary N) is 1. The maximum absolute atomic E-state index is 14.1. The summed E-state index contributed by atoms with van der Waals surface area (Å²) in [4.78, 5) is 16.9. The number of benzene rings is 2. The number of hydrogen-bond acceptors (Lipinski definition) is 2. The van der Waals surface area contributed by atoms with E-state index >= 15 is 0 Å². The highest BCUT2D eigenvalue weighted by Gasteiger charge is 2.30. The molecule has 4 rings (SSSR count). The van der Waals surface area contributed by atoms with Crippen LogP contribution >= 0.6 is 0 Å². The summed E-state index contributed by atoms with van der Waals surface area (Å²) in [6, 6.07) is 16.1. The molecule has 4 nitrogen and oxygen atoms in total. The molecule has 1 saturated heterocycles. The van der Waals surface area contributed by atoms with Gasteiger partial charge >= 0.3 is 6.03 Å². The van der Waals surface area contributed by atoms with E-state index < -0.39 is 12.3 Å². The minimum absolute atomic E-state index is 0.225. The van der Waals surface area contributed by atoms with Crippen molar-refractivity contribution in [2.24, 2.45) is 11.7 Å². The average Bonchev–Trinajstić information content (AvgIpc) is 2.69. The van der Waals surface area contributed by atoms with Gasteiger partial charge in [-0.05, 0) is 54.0 Å². The zero-order valence-corrected chi connectivity index (χ0v) is 15.9. The van der Waals surface area contributed by atoms with Gasteiger partial charge in [-0.3, -0.25) is 9.88 Å². The Morgan fingerprint density at radius 3 is 2.71 bits per heavy atom. The lowest BCUT2D eigenvalue weighted by Crippen LogP contribution is -2.46. The molecule has 2 atom stereocenters. The van der Waals surface area contributed by atoms with Crippen LogP contribution in [0.2, 0.25) is 0 Å². The first-order valence-electron chi connectivity index (χ1n) is 9.66. The van der Waals surface area contributed by atoms with Crippen LogP contribution in [0.4, 0.5) is 9.18 Å². The number of carbonyl (C=O) groups excluding carboxylic acids is 1. The van der Waals surface area contributed by atoms with Gasteiger partial charge in [-0.2, -0.15) is 0 Å². The number of amides is 2. The van der Waals surface area contributed by atoms with Crippen LogP contribution in [0, 0.1) is 12.8 Å². The Morgan fingerprint density at radius 2 is 2.00 bits per heavy atom. The lowest BCUT2D eigenvalue weighted by atomic mass is 9.89. The molecule has 1 fully saturated rings. The van der Waals surface area contributed by atoms with E-state index in [4.69, 9.17) is 5.73 Å². The fourth-order valence-corrected chi connectivity index (χ4v) is 4.17. The van der Waals surface area contributed by atoms with Gasteiger partial charge in [0.1, 0.15) is 0 Å². The summed E-state index contributed by atoms with van der Waals surface area (Å²) in [5, 5.41) is 1.14. The van der Waals surface area contributed by atoms with Gasteiger partial charge in [0, 0.05) is 24.5 Å². The molecule has 2 unspecified atom stereocenters. The molecule has 144 valence electrons. The third-order valence-corrected chi connectivity index (χ3v) is 5.74. The monoisotopic (exact) mass is 377 g/mol. The van der Waals surface area contributed by atoms with Gasteiger partial charge < -0.3 is 5.73 Å². The summed E-state index contributed by atoms with van der Waals surface area (Å²) in [7, 11) is 0. The van der Waals surface area contributed by atoms with Gasteiger partial charge in [0.2, 0.25) is 0 Å². The number of hydrogen-bond donors (Lipinski definition) is 1. The second-order valence-electron chi connectivity index (χ2n) is 7.57. The van der Waals surface area contributed by atoms with Gasteiger partial charge in [-0.15, -0.1) is 0 Å². The Morgan fingerprint density at radius 1 is 1.21 bits per heavy atom. The Labute approximate surface area is 164 Å². The number of pyridine rings is 1. The van der Waals surface area contributed by atoms with Crippen molar-refractivity contribution < 1.29 is 9.18 Å². The van der Waals surface area contributed by atoms with Crippen molar-refractivity contribution in [1.82, 2.24) is 9.88 Å². The Kier molecular flexibility index (Phi) is 4.99. The van der Waals surface area contributed by atoms with Gasteiger partial charge in [0.05, 0.1) is 5.52 Å². The number of likely N-dealkylation sites (tertiary alicyclic amines) is 1. The molecule has 3 aromatic rings. The Balaban J connectivity index is 1.49. The van der Waals surface area contributed by atoms with Crippen molar-refractivity contribution in [1.29, 1.82) is 0 Å². The lowest BCUT2D eigenvalue weighted by Gasteiger charge is -2.34. The van der Waals surface area contributed by atoms with Crippen LogP contribution < -0.4 is 5.73 Å². The minimum Gasteiger partial charge on any atom is -0.351 e. The number of primary amides is 1. The van der Waals surface area contributed by atoms with Crippen LogP contribution in [0.25, 0.3) is 22.0 Å². The number of fused-ring (bicyclic) bond motifs is 1. The fourth-order valence-electron chi connectivity index (χ4n) is 4.17. The highest BCUT2D eigenvalue weighted by Crippen LogP contribution is 2.30. The zero-order valence-electron chi connectivity index (χ0n) is 15.9. The number of halogens is 1. The van der Waals surface area contributed by atoms with Gasteiger partial charge in [0.25, 0.3) is 0 Å². The van der Waals surface area contributed by atoms with Crippen LogP contribution in [-0.4, -0.2) is 28.8 Å². The van der Waals surface area contributed by atoms with Crippen molar-refractivity contribution in [2.75, 3.05) is 6.54 Å². The average molecular weight is 377 g/mol. The molecule has 2 heterocycles. The topological polar surface area (TPSA) is 59.2 Å². The number of piperidine rings is 1. The highest BCUT2D eigenvalue weighted by atomic mass is 19.1. The van der Waals surface area contributed by atoms with Gasteiger partial charge in [-0.1, -0.05) is 42.5 Å². The first kappa shape index (κ1) is 18.4. The maximum atomic E-state index is 14.1. The van der Waals surface area contributed by atoms with E-state index in [1.165, 1.54) is 16.7 Å². The third-order valence-electron chi connectivity index (χ3n) is 5.74. The first-order valence-corrected chi connectivity index (χ1v) is 9.66. The lowest BCUT2D eigenvalue weighted by molar-refractivity contribution is 0.0534. The van der Waals surface area contributed by atoms with Crippen molar-refractivity contribution in [3.05, 3.63) is 65.9 Å². The van der Waals surface area contributed by atoms with E-state index in [0.717, 1.165) is 34.2 Å². The summed E-state index contributed by atoms with van der Waals surface area (Å²) in [5.41, 5.74) is 10.9. The summed E-state index contributed by atoms with van der Waals surface area (Å²) < 4.78 is 14.1. The van der Waals surface area contributed by atoms with Crippen LogP contribution in [0.15, 0.2) is 54.7 Å². The molecular weight excluding hydrogens is 353 g/mol. The first-order chi connectivity index (χ1) is 13.5. The van der Waals surface area contributed by atoms with E-state index in [0.29, 0.717) is 13.0 Å². The molecule has 2 amide bonds. The molecule has 28 heavy (non-hydrogen) atoms. The Hall–Kier alpha value is -2.95. The Bertz CT molecular complexity index is 1000. The molecule has 0 radical (unpaired) electrons. The third kappa shape index (κ3) is 3.57. The zero-order chi connectivity index (χ0) is 19.7. The number of aryl methyl sites for hydroxylation is 1. The van der Waals surface area contributed by atoms with E-state index in [9.17, 15) is 9.18 Å². The van der Waals surface area contributed by atoms with Crippen molar-refractivity contribution >= 4 is 16.9 Å². The predicted molar refractivity (Wildman–Crippen MR) is 110 cm³/mol. The molecule has 2 N–H and O–H groups in total. The number of carbonyl (C=O) groups is 1. The summed E-state index contributed by atoms with van der Waals surface area (Å²) >= 11 is 0. The summed E-state index contributed by atoms with van der Waals surface area (Å²) in [5.74, 6) is 0.225. The number of alkyl halides is 1. The SMILES string of the molecule is Cc1c(-c2ccc(CC3CCN(C(N)=O)C(F)C3)cc2)ccc2cccnc12. The molecule has 0 aliphatic carbocycles. The van der Waals surface area contributed by atoms with E-state index in [-0.39, 0.29) is 5.92 Å². The normalized spacial score (nSPS) is 19.7. The molecule has 1 aliphatic rings. The van der Waals surface area contributed by atoms with Crippen LogP contribution in [-0.2, 0) is 6.42 Å². The van der Waals surface area contributed by atoms with Crippen LogP contribution in [0.1, 0.15) is 24.0 Å². The largest absolute Gasteiger partial charge is 0.351 e. The minimum atomic E-state index is -1.27. The molecule has 0 saturated carbocycles. The standard InChI is InChI=1S/C23H24FN3O/c1-15-20(9-8-19-3-2-11-26-22(15)19)18-6-4-16(5-7-18)13-17-10-12-27(23(25)28)21(24)14-17/h2-9,11,17,21H,10,12-14H2,1H3,(H2,25,28). The van der Waals surface area contributed by atoms with Crippen LogP contribution in [0.3, 0.4) is 0 Å². The van der Waals surface area contributed by atoms with Crippen molar-refractivity contribution in [2.45, 2.75) is 32.5 Å². The molecule has 2 aromatic carbocycles. The molecule has 0 spiro atoms. The molecule has 5 heteroatoms. The summed E-state index contributed by atoms with van der Waals surface area (Å²) in [6.45, 7) is 2.50. The van der Waals surface area contributed by atoms with Crippen molar-refractivity contribution in [3.63, 3.8) is 0 Å². The van der Waals surface area contributed by atoms with Crippen molar-refractivity contribution in [3.8, 4) is 11.1 Å². The number of rotatable bonds is 3. The van der Waals surface area contributed by atoms with E-state index in [2.05, 4.69) is 54.4 Å². The quantitative estimate of drug-likeness (QED) is 0.664. The van der Waals surface area contributed by atoms with Gasteiger partial charge in [-0.25, -0.2) is 9.18 Å². The fraction of sp³-hybridized carbons (Fsp3) is 0.304. The second kappa shape index (κ2) is 7.58. The highest BCUT2D eigenvalue weighted by molar-refractivity contribution is 5.88. The number of urea groups is 1. The molecule has 1 aliphatic heterocycles. The smallest absolute Gasteiger partial charge is 0.317 e. The maximum Gasteiger partial charge on any atom is 0.317 e. The molecular formula is C23H24FN3O. The van der Waals surface area contributed by atoms with E-state index in [1.807, 2.05) is 12.3 Å².